The van der Waals surface area contributed by atoms with Crippen molar-refractivity contribution in [3.8, 4) is 0 Å². The Morgan fingerprint density at radius 3 is 2.50 bits per heavy atom. The van der Waals surface area contributed by atoms with E-state index in [1.54, 1.807) is 24.0 Å². The summed E-state index contributed by atoms with van der Waals surface area (Å²) in [7, 11) is 0. The first-order valence-electron chi connectivity index (χ1n) is 8.03. The maximum atomic E-state index is 12.4. The highest BCUT2D eigenvalue weighted by atomic mass is 16.4. The summed E-state index contributed by atoms with van der Waals surface area (Å²) in [4.78, 5) is 33.4. The van der Waals surface area contributed by atoms with Crippen LogP contribution in [0.1, 0.15) is 38.5 Å². The predicted octanol–water partition coefficient (Wildman–Crippen LogP) is 1.22. The first-order chi connectivity index (χ1) is 12.5. The van der Waals surface area contributed by atoms with E-state index < -0.39 is 5.97 Å². The highest BCUT2D eigenvalue weighted by Gasteiger charge is 2.29. The number of carbonyl (C=O) groups excluding carboxylic acids is 1. The number of benzene rings is 1. The Labute approximate surface area is 149 Å². The molecule has 0 aliphatic carbocycles. The van der Waals surface area contributed by atoms with Gasteiger partial charge in [0.15, 0.2) is 5.69 Å². The fraction of sp³-hybridized carbons (Fsp3) is 0.353. The third-order valence-corrected chi connectivity index (χ3v) is 4.22. The summed E-state index contributed by atoms with van der Waals surface area (Å²) < 4.78 is 0. The van der Waals surface area contributed by atoms with E-state index in [1.807, 2.05) is 12.1 Å². The lowest BCUT2D eigenvalue weighted by Gasteiger charge is -2.15. The molecule has 0 saturated carbocycles. The topological polar surface area (TPSA) is 136 Å². The molecule has 0 bridgehead atoms. The Balaban J connectivity index is 0.000000758. The highest BCUT2D eigenvalue weighted by molar-refractivity contribution is 5.93. The molecule has 1 aromatic heterocycles. The number of aromatic nitrogens is 3. The Bertz CT molecular complexity index is 772. The van der Waals surface area contributed by atoms with E-state index in [4.69, 9.17) is 15.0 Å². The van der Waals surface area contributed by atoms with Crippen LogP contribution in [0.4, 0.5) is 0 Å². The molecule has 2 heterocycles. The molecular formula is C17H20N4O5. The number of hydrogen-bond acceptors (Lipinski definition) is 5. The number of aromatic carboxylic acids is 1. The smallest absolute Gasteiger partial charge is 0.335 e. The number of aromatic amines is 1. The summed E-state index contributed by atoms with van der Waals surface area (Å²) in [6.07, 6.45) is 1.77. The number of carbonyl (C=O) groups is 3. The third-order valence-electron chi connectivity index (χ3n) is 4.22. The van der Waals surface area contributed by atoms with Crippen LogP contribution in [0.25, 0.3) is 0 Å². The number of carboxylic acid groups (broad SMARTS) is 2. The minimum absolute atomic E-state index is 0.0834. The van der Waals surface area contributed by atoms with Gasteiger partial charge in [-0.1, -0.05) is 12.1 Å². The van der Waals surface area contributed by atoms with E-state index in [9.17, 15) is 9.59 Å². The van der Waals surface area contributed by atoms with Crippen LogP contribution in [0.3, 0.4) is 0 Å². The number of rotatable bonds is 4. The molecule has 26 heavy (non-hydrogen) atoms. The minimum Gasteiger partial charge on any atom is -0.483 e. The van der Waals surface area contributed by atoms with Crippen molar-refractivity contribution in [2.75, 3.05) is 13.1 Å². The number of H-pyrrole nitrogens is 1. The first kappa shape index (κ1) is 19.1. The SMILES string of the molecule is Cc1n[nH]nc1C(=O)N1CCC(Cc2ccc(C(=O)O)cc2)C1.O=CO. The van der Waals surface area contributed by atoms with Crippen molar-refractivity contribution in [1.29, 1.82) is 0 Å². The van der Waals surface area contributed by atoms with E-state index in [0.717, 1.165) is 18.4 Å². The summed E-state index contributed by atoms with van der Waals surface area (Å²) in [5.41, 5.74) is 2.38. The monoisotopic (exact) mass is 360 g/mol. The zero-order chi connectivity index (χ0) is 19.1. The van der Waals surface area contributed by atoms with Gasteiger partial charge >= 0.3 is 5.97 Å². The number of nitrogens with zero attached hydrogens (tertiary/aromatic N) is 3. The van der Waals surface area contributed by atoms with Gasteiger partial charge in [0, 0.05) is 13.1 Å². The van der Waals surface area contributed by atoms with Crippen LogP contribution in [0, 0.1) is 12.8 Å². The summed E-state index contributed by atoms with van der Waals surface area (Å²) in [6, 6.07) is 6.92. The van der Waals surface area contributed by atoms with Gasteiger partial charge in [0.2, 0.25) is 0 Å². The molecule has 3 rings (SSSR count). The molecule has 1 saturated heterocycles. The van der Waals surface area contributed by atoms with E-state index in [-0.39, 0.29) is 12.4 Å². The van der Waals surface area contributed by atoms with Crippen LogP contribution in [-0.2, 0) is 11.2 Å². The van der Waals surface area contributed by atoms with Crippen LogP contribution < -0.4 is 0 Å². The molecule has 1 atom stereocenters. The maximum Gasteiger partial charge on any atom is 0.335 e. The summed E-state index contributed by atoms with van der Waals surface area (Å²) in [6.45, 7) is 2.91. The van der Waals surface area contributed by atoms with Crippen molar-refractivity contribution < 1.29 is 24.6 Å². The molecule has 2 aromatic rings. The Morgan fingerprint density at radius 2 is 1.96 bits per heavy atom. The maximum absolute atomic E-state index is 12.4. The molecule has 0 radical (unpaired) electrons. The van der Waals surface area contributed by atoms with E-state index in [0.29, 0.717) is 36.0 Å². The Kier molecular flexibility index (Phi) is 6.42. The van der Waals surface area contributed by atoms with Crippen molar-refractivity contribution in [2.24, 2.45) is 5.92 Å². The molecule has 1 aliphatic rings. The second kappa shape index (κ2) is 8.75. The number of likely N-dealkylation sites (tertiary alicyclic amines) is 1. The van der Waals surface area contributed by atoms with Crippen molar-refractivity contribution in [2.45, 2.75) is 19.8 Å². The van der Waals surface area contributed by atoms with Crippen molar-refractivity contribution in [1.82, 2.24) is 20.3 Å². The molecule has 138 valence electrons. The number of aryl methyl sites for hydroxylation is 1. The van der Waals surface area contributed by atoms with Crippen LogP contribution in [-0.4, -0.2) is 62.0 Å². The van der Waals surface area contributed by atoms with E-state index in [2.05, 4.69) is 15.4 Å². The lowest BCUT2D eigenvalue weighted by Crippen LogP contribution is -2.29. The molecule has 1 fully saturated rings. The first-order valence-corrected chi connectivity index (χ1v) is 8.03. The molecule has 1 amide bonds. The number of amides is 1. The third kappa shape index (κ3) is 4.65. The van der Waals surface area contributed by atoms with Gasteiger partial charge in [-0.3, -0.25) is 9.59 Å². The average molecular weight is 360 g/mol. The molecule has 9 heteroatoms. The highest BCUT2D eigenvalue weighted by Crippen LogP contribution is 2.22. The van der Waals surface area contributed by atoms with Crippen LogP contribution in [0.2, 0.25) is 0 Å². The Hall–Kier alpha value is -3.23. The lowest BCUT2D eigenvalue weighted by atomic mass is 9.98. The fourth-order valence-corrected chi connectivity index (χ4v) is 2.94. The van der Waals surface area contributed by atoms with Gasteiger partial charge in [-0.2, -0.15) is 15.4 Å². The van der Waals surface area contributed by atoms with Gasteiger partial charge < -0.3 is 15.1 Å². The normalized spacial score (nSPS) is 15.9. The molecular weight excluding hydrogens is 340 g/mol. The van der Waals surface area contributed by atoms with Crippen LogP contribution in [0.5, 0.6) is 0 Å². The summed E-state index contributed by atoms with van der Waals surface area (Å²) >= 11 is 0. The van der Waals surface area contributed by atoms with Crippen LogP contribution in [0.15, 0.2) is 24.3 Å². The fourth-order valence-electron chi connectivity index (χ4n) is 2.94. The van der Waals surface area contributed by atoms with E-state index >= 15 is 0 Å². The van der Waals surface area contributed by atoms with Crippen molar-refractivity contribution in [3.05, 3.63) is 46.8 Å². The van der Waals surface area contributed by atoms with Gasteiger partial charge in [-0.15, -0.1) is 0 Å². The van der Waals surface area contributed by atoms with Gasteiger partial charge in [0.25, 0.3) is 12.4 Å². The van der Waals surface area contributed by atoms with E-state index in [1.165, 1.54) is 0 Å². The van der Waals surface area contributed by atoms with Crippen LogP contribution >= 0.6 is 0 Å². The lowest BCUT2D eigenvalue weighted by molar-refractivity contribution is -0.122. The van der Waals surface area contributed by atoms with Gasteiger partial charge in [-0.05, 0) is 43.4 Å². The zero-order valence-corrected chi connectivity index (χ0v) is 14.3. The second-order valence-corrected chi connectivity index (χ2v) is 5.98. The van der Waals surface area contributed by atoms with Gasteiger partial charge in [0.1, 0.15) is 0 Å². The minimum atomic E-state index is -0.919. The number of nitrogens with one attached hydrogen (secondary N) is 1. The largest absolute Gasteiger partial charge is 0.483 e. The van der Waals surface area contributed by atoms with Crippen molar-refractivity contribution in [3.63, 3.8) is 0 Å². The standard InChI is InChI=1S/C16H18N4O3.CH2O2/c1-10-14(18-19-17-10)15(21)20-7-6-12(9-20)8-11-2-4-13(5-3-11)16(22)23;2-1-3/h2-5,12H,6-9H2,1H3,(H,22,23)(H,17,18,19);1H,(H,2,3). The summed E-state index contributed by atoms with van der Waals surface area (Å²) in [5, 5.41) is 26.1. The molecule has 0 spiro atoms. The zero-order valence-electron chi connectivity index (χ0n) is 14.3. The van der Waals surface area contributed by atoms with Gasteiger partial charge in [-0.25, -0.2) is 4.79 Å². The van der Waals surface area contributed by atoms with Gasteiger partial charge in [0.05, 0.1) is 11.3 Å². The number of hydrogen-bond donors (Lipinski definition) is 3. The molecule has 3 N–H and O–H groups in total. The Morgan fingerprint density at radius 1 is 1.31 bits per heavy atom. The predicted molar refractivity (Wildman–Crippen MR) is 90.9 cm³/mol. The molecule has 1 aromatic carbocycles. The molecule has 1 unspecified atom stereocenters. The quantitative estimate of drug-likeness (QED) is 0.697. The molecule has 9 nitrogen and oxygen atoms in total. The molecule has 1 aliphatic heterocycles. The second-order valence-electron chi connectivity index (χ2n) is 5.98. The average Bonchev–Trinajstić information content (AvgIpc) is 3.24. The summed E-state index contributed by atoms with van der Waals surface area (Å²) in [5.74, 6) is -0.626. The number of carboxylic acids is 1. The van der Waals surface area contributed by atoms with Crippen molar-refractivity contribution >= 4 is 18.3 Å².